The molecule has 39 heavy (non-hydrogen) atoms. The van der Waals surface area contributed by atoms with Gasteiger partial charge in [-0.15, -0.1) is 0 Å². The number of aromatic nitrogens is 3. The zero-order valence-electron chi connectivity index (χ0n) is 21.2. The summed E-state index contributed by atoms with van der Waals surface area (Å²) in [5, 5.41) is 3.69. The lowest BCUT2D eigenvalue weighted by atomic mass is 9.92. The van der Waals surface area contributed by atoms with E-state index in [0.29, 0.717) is 36.0 Å². The average Bonchev–Trinajstić information content (AvgIpc) is 3.17. The van der Waals surface area contributed by atoms with Gasteiger partial charge < -0.3 is 19.8 Å². The summed E-state index contributed by atoms with van der Waals surface area (Å²) in [5.74, 6) is 0.722. The van der Waals surface area contributed by atoms with Gasteiger partial charge in [0.15, 0.2) is 9.84 Å². The molecule has 10 nitrogen and oxygen atoms in total. The summed E-state index contributed by atoms with van der Waals surface area (Å²) in [6, 6.07) is 15.6. The number of hydrogen-bond acceptors (Lipinski definition) is 8. The van der Waals surface area contributed by atoms with E-state index in [1.165, 1.54) is 0 Å². The summed E-state index contributed by atoms with van der Waals surface area (Å²) >= 11 is 0. The molecule has 1 saturated heterocycles. The van der Waals surface area contributed by atoms with E-state index < -0.39 is 22.0 Å². The van der Waals surface area contributed by atoms with Gasteiger partial charge in [-0.25, -0.2) is 23.2 Å². The van der Waals surface area contributed by atoms with Crippen molar-refractivity contribution in [2.24, 2.45) is 0 Å². The zero-order chi connectivity index (χ0) is 27.0. The molecule has 0 radical (unpaired) electrons. The molecule has 1 aliphatic carbocycles. The van der Waals surface area contributed by atoms with Crippen LogP contribution in [0.15, 0.2) is 60.9 Å². The van der Waals surface area contributed by atoms with Crippen molar-refractivity contribution in [1.29, 1.82) is 0 Å². The first-order chi connectivity index (χ1) is 18.9. The number of nitrogens with one attached hydrogen (secondary N) is 1. The number of amides is 1. The van der Waals surface area contributed by atoms with Crippen molar-refractivity contribution in [3.05, 3.63) is 60.9 Å². The number of benzene rings is 2. The Kier molecular flexibility index (Phi) is 6.59. The summed E-state index contributed by atoms with van der Waals surface area (Å²) < 4.78 is 36.8. The zero-order valence-corrected chi connectivity index (χ0v) is 22.1. The predicted molar refractivity (Wildman–Crippen MR) is 149 cm³/mol. The van der Waals surface area contributed by atoms with E-state index in [2.05, 4.69) is 19.9 Å². The number of rotatable bonds is 6. The maximum absolute atomic E-state index is 12.4. The summed E-state index contributed by atoms with van der Waals surface area (Å²) in [5.41, 5.74) is 10.8. The van der Waals surface area contributed by atoms with Gasteiger partial charge in [-0.2, -0.15) is 0 Å². The van der Waals surface area contributed by atoms with Crippen LogP contribution < -0.4 is 15.8 Å². The molecule has 11 heteroatoms. The maximum atomic E-state index is 12.4. The molecule has 4 aromatic rings. The van der Waals surface area contributed by atoms with Gasteiger partial charge in [-0.05, 0) is 62.4 Å². The number of carbonyl (C=O) groups is 1. The van der Waals surface area contributed by atoms with E-state index >= 15 is 0 Å². The first kappa shape index (κ1) is 25.2. The van der Waals surface area contributed by atoms with E-state index in [0.717, 1.165) is 41.4 Å². The molecule has 1 saturated carbocycles. The van der Waals surface area contributed by atoms with Crippen LogP contribution in [0.5, 0.6) is 11.8 Å². The van der Waals surface area contributed by atoms with Gasteiger partial charge in [0, 0.05) is 41.1 Å². The number of nitrogens with two attached hydrogens (primary N) is 1. The standard InChI is InChI=1S/C28H29N5O5S/c29-25-23-10-9-22(37-27-30-13-2-14-31-27)17-24(23)33(20-3-1-4-20)26(25)18-5-7-19(8-6-18)32-28(34)38-21-11-15-39(35,36)16-12-21/h2,5-10,13-14,17,20-21H,1,3-4,11-12,15-16,29H2,(H,32,34). The number of fused-ring (bicyclic) bond motifs is 1. The fraction of sp³-hybridized carbons (Fsp3) is 0.321. The second-order valence-corrected chi connectivity index (χ2v) is 12.3. The highest BCUT2D eigenvalue weighted by Crippen LogP contribution is 2.45. The van der Waals surface area contributed by atoms with Crippen molar-refractivity contribution in [3.63, 3.8) is 0 Å². The number of nitrogens with zero attached hydrogens (tertiary/aromatic N) is 3. The Labute approximate surface area is 226 Å². The van der Waals surface area contributed by atoms with Gasteiger partial charge in [-0.3, -0.25) is 5.32 Å². The van der Waals surface area contributed by atoms with E-state index in [1.807, 2.05) is 42.5 Å². The second-order valence-electron chi connectivity index (χ2n) is 9.99. The van der Waals surface area contributed by atoms with Crippen LogP contribution in [0.3, 0.4) is 0 Å². The third kappa shape index (κ3) is 5.26. The molecule has 2 aromatic carbocycles. The van der Waals surface area contributed by atoms with Gasteiger partial charge in [-0.1, -0.05) is 12.1 Å². The van der Waals surface area contributed by atoms with Crippen molar-refractivity contribution in [3.8, 4) is 23.0 Å². The van der Waals surface area contributed by atoms with Crippen LogP contribution >= 0.6 is 0 Å². The number of ether oxygens (including phenoxy) is 2. The van der Waals surface area contributed by atoms with Gasteiger partial charge in [0.1, 0.15) is 11.9 Å². The lowest BCUT2D eigenvalue weighted by Crippen LogP contribution is -2.31. The summed E-state index contributed by atoms with van der Waals surface area (Å²) in [4.78, 5) is 20.7. The third-order valence-electron chi connectivity index (χ3n) is 7.39. The highest BCUT2D eigenvalue weighted by molar-refractivity contribution is 7.91. The molecule has 6 rings (SSSR count). The highest BCUT2D eigenvalue weighted by atomic mass is 32.2. The number of hydrogen-bond donors (Lipinski definition) is 2. The Bertz CT molecular complexity index is 1600. The van der Waals surface area contributed by atoms with E-state index in [-0.39, 0.29) is 17.5 Å². The number of sulfone groups is 1. The van der Waals surface area contributed by atoms with Crippen LogP contribution in [-0.4, -0.2) is 46.7 Å². The fourth-order valence-corrected chi connectivity index (χ4v) is 6.59. The molecule has 202 valence electrons. The van der Waals surface area contributed by atoms with E-state index in [9.17, 15) is 13.2 Å². The molecule has 1 amide bonds. The van der Waals surface area contributed by atoms with Gasteiger partial charge >= 0.3 is 12.1 Å². The Morgan fingerprint density at radius 2 is 1.72 bits per heavy atom. The van der Waals surface area contributed by atoms with Crippen LogP contribution in [0.4, 0.5) is 16.2 Å². The predicted octanol–water partition coefficient (Wildman–Crippen LogP) is 5.32. The fourth-order valence-electron chi connectivity index (χ4n) is 5.14. The minimum Gasteiger partial charge on any atom is -0.446 e. The van der Waals surface area contributed by atoms with Crippen LogP contribution in [-0.2, 0) is 14.6 Å². The molecule has 3 N–H and O–H groups in total. The smallest absolute Gasteiger partial charge is 0.411 e. The summed E-state index contributed by atoms with van der Waals surface area (Å²) in [7, 11) is -3.02. The van der Waals surface area contributed by atoms with Crippen molar-refractivity contribution < 1.29 is 22.7 Å². The molecule has 3 heterocycles. The molecule has 0 spiro atoms. The monoisotopic (exact) mass is 547 g/mol. The largest absolute Gasteiger partial charge is 0.446 e. The van der Waals surface area contributed by atoms with Crippen LogP contribution in [0, 0.1) is 0 Å². The number of nitrogen functional groups attached to an aromatic ring is 1. The summed E-state index contributed by atoms with van der Waals surface area (Å²) in [6.07, 6.45) is 6.22. The van der Waals surface area contributed by atoms with E-state index in [1.54, 1.807) is 18.5 Å². The third-order valence-corrected chi connectivity index (χ3v) is 9.10. The van der Waals surface area contributed by atoms with Crippen LogP contribution in [0.1, 0.15) is 38.1 Å². The first-order valence-electron chi connectivity index (χ1n) is 13.0. The molecule has 0 unspecified atom stereocenters. The van der Waals surface area contributed by atoms with Crippen LogP contribution in [0.2, 0.25) is 0 Å². The molecular weight excluding hydrogens is 518 g/mol. The first-order valence-corrected chi connectivity index (χ1v) is 14.9. The Balaban J connectivity index is 1.24. The Hall–Kier alpha value is -4.12. The average molecular weight is 548 g/mol. The number of carbonyl (C=O) groups excluding carboxylic acids is 1. The maximum Gasteiger partial charge on any atom is 0.411 e. The minimum atomic E-state index is -3.02. The lowest BCUT2D eigenvalue weighted by molar-refractivity contribution is 0.104. The van der Waals surface area contributed by atoms with Crippen molar-refractivity contribution in [2.45, 2.75) is 44.2 Å². The Morgan fingerprint density at radius 1 is 1.00 bits per heavy atom. The van der Waals surface area contributed by atoms with Crippen LogP contribution in [0.25, 0.3) is 22.2 Å². The minimum absolute atomic E-state index is 0.0453. The molecule has 2 aliphatic rings. The van der Waals surface area contributed by atoms with Crippen molar-refractivity contribution in [2.75, 3.05) is 22.6 Å². The quantitative estimate of drug-likeness (QED) is 0.331. The van der Waals surface area contributed by atoms with Crippen molar-refractivity contribution in [1.82, 2.24) is 14.5 Å². The van der Waals surface area contributed by atoms with Gasteiger partial charge in [0.05, 0.1) is 28.4 Å². The Morgan fingerprint density at radius 3 is 2.38 bits per heavy atom. The lowest BCUT2D eigenvalue weighted by Gasteiger charge is -2.30. The van der Waals surface area contributed by atoms with Gasteiger partial charge in [0.2, 0.25) is 0 Å². The van der Waals surface area contributed by atoms with Crippen molar-refractivity contribution >= 4 is 38.2 Å². The van der Waals surface area contributed by atoms with Gasteiger partial charge in [0.25, 0.3) is 0 Å². The molecule has 0 bridgehead atoms. The summed E-state index contributed by atoms with van der Waals surface area (Å²) in [6.45, 7) is 0. The number of anilines is 2. The van der Waals surface area contributed by atoms with E-state index in [4.69, 9.17) is 15.2 Å². The molecule has 1 aliphatic heterocycles. The normalized spacial score (nSPS) is 17.4. The molecule has 2 aromatic heterocycles. The highest BCUT2D eigenvalue weighted by Gasteiger charge is 2.28. The SMILES string of the molecule is Nc1c(-c2ccc(NC(=O)OC3CCS(=O)(=O)CC3)cc2)n(C2CCC2)c2cc(Oc3ncccn3)ccc12. The topological polar surface area (TPSA) is 138 Å². The second kappa shape index (κ2) is 10.2. The molecular formula is C28H29N5O5S. The molecule has 2 fully saturated rings. The molecule has 0 atom stereocenters.